The van der Waals surface area contributed by atoms with E-state index in [1.54, 1.807) is 0 Å². The molecular formula is C39H38N4O. The third-order valence-electron chi connectivity index (χ3n) is 9.65. The maximum Gasteiger partial charge on any atom is 0.164 e. The van der Waals surface area contributed by atoms with Crippen LogP contribution in [-0.2, 0) is 11.8 Å². The number of nitriles is 1. The molecule has 4 aromatic carbocycles. The first kappa shape index (κ1) is 28.1. The van der Waals surface area contributed by atoms with Crippen LogP contribution in [0.2, 0.25) is 0 Å². The van der Waals surface area contributed by atoms with E-state index >= 15 is 0 Å². The van der Waals surface area contributed by atoms with Crippen molar-refractivity contribution in [3.05, 3.63) is 113 Å². The van der Waals surface area contributed by atoms with Crippen molar-refractivity contribution in [3.63, 3.8) is 0 Å². The monoisotopic (exact) mass is 578 g/mol. The average Bonchev–Trinajstić information content (AvgIpc) is 3.32. The van der Waals surface area contributed by atoms with Crippen LogP contribution in [-0.4, -0.2) is 14.8 Å². The molecule has 0 radical (unpaired) electrons. The fourth-order valence-electron chi connectivity index (χ4n) is 7.00. The molecule has 6 aromatic rings. The highest BCUT2D eigenvalue weighted by atomic mass is 16.3. The van der Waals surface area contributed by atoms with Crippen LogP contribution in [0.4, 0.5) is 0 Å². The number of benzene rings is 4. The average molecular weight is 579 g/mol. The number of rotatable bonds is 7. The minimum atomic E-state index is -0.151. The van der Waals surface area contributed by atoms with Crippen LogP contribution in [0.25, 0.3) is 39.0 Å². The number of furan rings is 1. The molecular weight excluding hydrogens is 540 g/mol. The first-order valence-corrected chi connectivity index (χ1v) is 15.7. The van der Waals surface area contributed by atoms with Crippen LogP contribution < -0.4 is 0 Å². The van der Waals surface area contributed by atoms with Crippen LogP contribution >= 0.6 is 0 Å². The standard InChI is InChI=1S/C39H38N4O/c1-23(2)28-16-12-17-29(24(3)4)37(28)43-38(41-33(42-43)19-26-13-8-7-9-14-26)35-34-30-15-10-11-18-31(30)44-32(34)20-27(22-40)36(35)39(6)21-25(39)5/h7-18,20,23-25H,19,21H2,1-6H3/t25-,39?/m0/s1. The summed E-state index contributed by atoms with van der Waals surface area (Å²) in [7, 11) is 0. The van der Waals surface area contributed by atoms with Crippen molar-refractivity contribution in [2.75, 3.05) is 0 Å². The van der Waals surface area contributed by atoms with Gasteiger partial charge in [-0.2, -0.15) is 10.4 Å². The maximum absolute atomic E-state index is 10.6. The Morgan fingerprint density at radius 2 is 1.59 bits per heavy atom. The number of fused-ring (bicyclic) bond motifs is 3. The van der Waals surface area contributed by atoms with E-state index in [-0.39, 0.29) is 17.3 Å². The van der Waals surface area contributed by atoms with Gasteiger partial charge in [0.1, 0.15) is 11.2 Å². The molecule has 1 aliphatic carbocycles. The van der Waals surface area contributed by atoms with Crippen molar-refractivity contribution >= 4 is 21.9 Å². The van der Waals surface area contributed by atoms with Gasteiger partial charge in [0.25, 0.3) is 0 Å². The summed E-state index contributed by atoms with van der Waals surface area (Å²) in [4.78, 5) is 5.39. The van der Waals surface area contributed by atoms with Gasteiger partial charge in [0.15, 0.2) is 11.6 Å². The molecule has 2 aromatic heterocycles. The summed E-state index contributed by atoms with van der Waals surface area (Å²) in [6.07, 6.45) is 1.62. The molecule has 220 valence electrons. The minimum absolute atomic E-state index is 0.151. The molecule has 1 aliphatic rings. The van der Waals surface area contributed by atoms with Crippen LogP contribution in [0.1, 0.15) is 93.4 Å². The predicted octanol–water partition coefficient (Wildman–Crippen LogP) is 9.84. The molecule has 44 heavy (non-hydrogen) atoms. The molecule has 1 saturated carbocycles. The maximum atomic E-state index is 10.6. The lowest BCUT2D eigenvalue weighted by Gasteiger charge is -2.23. The zero-order chi connectivity index (χ0) is 30.7. The zero-order valence-electron chi connectivity index (χ0n) is 26.3. The Kier molecular flexibility index (Phi) is 6.70. The van der Waals surface area contributed by atoms with E-state index in [9.17, 15) is 5.26 Å². The predicted molar refractivity (Wildman–Crippen MR) is 177 cm³/mol. The van der Waals surface area contributed by atoms with Crippen LogP contribution in [0.3, 0.4) is 0 Å². The van der Waals surface area contributed by atoms with E-state index in [0.29, 0.717) is 23.5 Å². The number of hydrogen-bond acceptors (Lipinski definition) is 4. The quantitative estimate of drug-likeness (QED) is 0.189. The van der Waals surface area contributed by atoms with Gasteiger partial charge < -0.3 is 4.42 Å². The molecule has 5 nitrogen and oxygen atoms in total. The summed E-state index contributed by atoms with van der Waals surface area (Å²) in [5, 5.41) is 17.9. The normalized spacial score (nSPS) is 18.0. The summed E-state index contributed by atoms with van der Waals surface area (Å²) in [5.41, 5.74) is 8.74. The molecule has 0 spiro atoms. The minimum Gasteiger partial charge on any atom is -0.456 e. The molecule has 2 atom stereocenters. The Bertz CT molecular complexity index is 2050. The molecule has 0 bridgehead atoms. The van der Waals surface area contributed by atoms with Crippen LogP contribution in [0, 0.1) is 17.2 Å². The first-order valence-electron chi connectivity index (χ1n) is 15.7. The Labute approximate surface area is 259 Å². The van der Waals surface area contributed by atoms with Gasteiger partial charge in [-0.3, -0.25) is 0 Å². The summed E-state index contributed by atoms with van der Waals surface area (Å²) in [5.74, 6) is 2.52. The third kappa shape index (κ3) is 4.44. The van der Waals surface area contributed by atoms with E-state index in [2.05, 4.69) is 107 Å². The summed E-state index contributed by atoms with van der Waals surface area (Å²) >= 11 is 0. The van der Waals surface area contributed by atoms with Crippen molar-refractivity contribution in [1.82, 2.24) is 14.8 Å². The van der Waals surface area contributed by atoms with Gasteiger partial charge in [0, 0.05) is 22.8 Å². The molecule has 0 N–H and O–H groups in total. The SMILES string of the molecule is CC(C)c1cccc(C(C)C)c1-n1nc(Cc2ccccc2)nc1-c1c(C2(C)C[C@@H]2C)c(C#N)cc2oc3ccccc3c12. The fraction of sp³-hybridized carbons (Fsp3) is 0.308. The van der Waals surface area contributed by atoms with Gasteiger partial charge in [-0.1, -0.05) is 108 Å². The van der Waals surface area contributed by atoms with E-state index in [1.807, 2.05) is 24.3 Å². The lowest BCUT2D eigenvalue weighted by atomic mass is 9.84. The van der Waals surface area contributed by atoms with Gasteiger partial charge >= 0.3 is 0 Å². The smallest absolute Gasteiger partial charge is 0.164 e. The second-order valence-electron chi connectivity index (χ2n) is 13.3. The van der Waals surface area contributed by atoms with Crippen LogP contribution in [0.5, 0.6) is 0 Å². The van der Waals surface area contributed by atoms with Gasteiger partial charge in [0.05, 0.1) is 17.3 Å². The van der Waals surface area contributed by atoms with Gasteiger partial charge in [0.2, 0.25) is 0 Å². The molecule has 0 saturated heterocycles. The number of para-hydroxylation sites is 2. The molecule has 1 unspecified atom stereocenters. The largest absolute Gasteiger partial charge is 0.456 e. The Morgan fingerprint density at radius 1 is 0.932 bits per heavy atom. The molecule has 1 fully saturated rings. The Balaban J connectivity index is 1.64. The van der Waals surface area contributed by atoms with E-state index in [0.717, 1.165) is 56.8 Å². The summed E-state index contributed by atoms with van der Waals surface area (Å²) < 4.78 is 8.53. The van der Waals surface area contributed by atoms with Crippen molar-refractivity contribution in [2.24, 2.45) is 5.92 Å². The Hall–Kier alpha value is -4.69. The van der Waals surface area contributed by atoms with Crippen LogP contribution in [0.15, 0.2) is 83.3 Å². The lowest BCUT2D eigenvalue weighted by molar-refractivity contribution is 0.666. The summed E-state index contributed by atoms with van der Waals surface area (Å²) in [6, 6.07) is 29.7. The second kappa shape index (κ2) is 10.5. The third-order valence-corrected chi connectivity index (χ3v) is 9.65. The fourth-order valence-corrected chi connectivity index (χ4v) is 7.00. The highest BCUT2D eigenvalue weighted by Crippen LogP contribution is 2.58. The molecule has 5 heteroatoms. The van der Waals surface area contributed by atoms with E-state index < -0.39 is 0 Å². The number of aromatic nitrogens is 3. The van der Waals surface area contributed by atoms with Crippen molar-refractivity contribution in [3.8, 4) is 23.1 Å². The van der Waals surface area contributed by atoms with E-state index in [4.69, 9.17) is 14.5 Å². The van der Waals surface area contributed by atoms with Gasteiger partial charge in [-0.05, 0) is 64.0 Å². The first-order chi connectivity index (χ1) is 21.2. The van der Waals surface area contributed by atoms with E-state index in [1.165, 1.54) is 11.1 Å². The zero-order valence-corrected chi connectivity index (χ0v) is 26.3. The molecule has 7 rings (SSSR count). The van der Waals surface area contributed by atoms with Gasteiger partial charge in [-0.25, -0.2) is 9.67 Å². The lowest BCUT2D eigenvalue weighted by Crippen LogP contribution is -2.14. The second-order valence-corrected chi connectivity index (χ2v) is 13.3. The van der Waals surface area contributed by atoms with Gasteiger partial charge in [-0.15, -0.1) is 0 Å². The molecule has 0 amide bonds. The van der Waals surface area contributed by atoms with Crippen molar-refractivity contribution < 1.29 is 4.42 Å². The molecule has 0 aliphatic heterocycles. The summed E-state index contributed by atoms with van der Waals surface area (Å²) in [6.45, 7) is 13.5. The number of hydrogen-bond donors (Lipinski definition) is 0. The topological polar surface area (TPSA) is 67.6 Å². The highest BCUT2D eigenvalue weighted by Gasteiger charge is 2.51. The molecule has 2 heterocycles. The van der Waals surface area contributed by atoms with Crippen molar-refractivity contribution in [1.29, 1.82) is 5.26 Å². The van der Waals surface area contributed by atoms with Crippen molar-refractivity contribution in [2.45, 2.75) is 71.6 Å². The Morgan fingerprint density at radius 3 is 2.23 bits per heavy atom. The highest BCUT2D eigenvalue weighted by molar-refractivity contribution is 6.13. The number of nitrogens with zero attached hydrogens (tertiary/aromatic N) is 4.